The smallest absolute Gasteiger partial charge is 0.184 e. The summed E-state index contributed by atoms with van der Waals surface area (Å²) in [7, 11) is 1.60. The number of aromatic nitrogens is 1. The number of methoxy groups -OCH3 is 1. The molecule has 1 aromatic heterocycles. The zero-order chi connectivity index (χ0) is 13.2. The fourth-order valence-electron chi connectivity index (χ4n) is 2.62. The molecule has 2 aromatic rings. The molecule has 102 valence electrons. The van der Waals surface area contributed by atoms with Crippen molar-refractivity contribution in [2.75, 3.05) is 12.4 Å². The molecule has 0 bridgehead atoms. The molecule has 1 aromatic carbocycles. The van der Waals surface area contributed by atoms with E-state index >= 15 is 0 Å². The summed E-state index contributed by atoms with van der Waals surface area (Å²) in [5, 5.41) is 14.1. The number of ether oxygens (including phenoxy) is 1. The maximum atomic E-state index is 9.65. The molecular formula is C14H18N2O2S. The number of nitrogens with one attached hydrogen (secondary N) is 1. The minimum absolute atomic E-state index is 0.220. The molecule has 1 aliphatic carbocycles. The van der Waals surface area contributed by atoms with Crippen LogP contribution in [0.15, 0.2) is 12.1 Å². The van der Waals surface area contributed by atoms with E-state index in [4.69, 9.17) is 4.74 Å². The number of aromatic hydroxyl groups is 1. The number of hydrogen-bond acceptors (Lipinski definition) is 5. The number of hydrogen-bond donors (Lipinski definition) is 2. The van der Waals surface area contributed by atoms with Crippen LogP contribution in [0.4, 0.5) is 5.13 Å². The average molecular weight is 278 g/mol. The van der Waals surface area contributed by atoms with E-state index < -0.39 is 0 Å². The van der Waals surface area contributed by atoms with Gasteiger partial charge in [0.1, 0.15) is 17.0 Å². The zero-order valence-electron chi connectivity index (χ0n) is 11.0. The van der Waals surface area contributed by atoms with Crippen LogP contribution in [0.25, 0.3) is 10.2 Å². The van der Waals surface area contributed by atoms with Gasteiger partial charge in [-0.1, -0.05) is 30.6 Å². The monoisotopic (exact) mass is 278 g/mol. The molecule has 2 N–H and O–H groups in total. The van der Waals surface area contributed by atoms with E-state index in [-0.39, 0.29) is 5.75 Å². The Hall–Kier alpha value is -1.49. The van der Waals surface area contributed by atoms with Crippen molar-refractivity contribution < 1.29 is 9.84 Å². The molecule has 19 heavy (non-hydrogen) atoms. The van der Waals surface area contributed by atoms with Crippen LogP contribution >= 0.6 is 11.3 Å². The lowest BCUT2D eigenvalue weighted by molar-refractivity contribution is 0.412. The number of phenolic OH excluding ortho intramolecular Hbond substituents is 1. The molecule has 1 saturated carbocycles. The third-order valence-electron chi connectivity index (χ3n) is 3.60. The Morgan fingerprint density at radius 1 is 1.32 bits per heavy atom. The van der Waals surface area contributed by atoms with Crippen LogP contribution < -0.4 is 10.1 Å². The lowest BCUT2D eigenvalue weighted by atomic mass is 9.96. The number of anilines is 1. The zero-order valence-corrected chi connectivity index (χ0v) is 11.8. The molecule has 0 unspecified atom stereocenters. The number of benzene rings is 1. The molecule has 0 amide bonds. The summed E-state index contributed by atoms with van der Waals surface area (Å²) in [6.07, 6.45) is 6.38. The highest BCUT2D eigenvalue weighted by atomic mass is 32.1. The van der Waals surface area contributed by atoms with Crippen molar-refractivity contribution >= 4 is 26.7 Å². The molecule has 5 heteroatoms. The van der Waals surface area contributed by atoms with Crippen LogP contribution in [0.3, 0.4) is 0 Å². The van der Waals surface area contributed by atoms with Gasteiger partial charge in [0.25, 0.3) is 0 Å². The summed E-state index contributed by atoms with van der Waals surface area (Å²) >= 11 is 1.57. The highest BCUT2D eigenvalue weighted by molar-refractivity contribution is 7.22. The molecule has 0 saturated heterocycles. The molecular weight excluding hydrogens is 260 g/mol. The topological polar surface area (TPSA) is 54.4 Å². The van der Waals surface area contributed by atoms with Gasteiger partial charge in [0.05, 0.1) is 11.8 Å². The van der Waals surface area contributed by atoms with Gasteiger partial charge >= 0.3 is 0 Å². The van der Waals surface area contributed by atoms with E-state index in [1.807, 2.05) is 0 Å². The third kappa shape index (κ3) is 2.61. The van der Waals surface area contributed by atoms with Gasteiger partial charge in [-0.25, -0.2) is 4.98 Å². The van der Waals surface area contributed by atoms with Crippen LogP contribution in [0, 0.1) is 0 Å². The number of fused-ring (bicyclic) bond motifs is 1. The summed E-state index contributed by atoms with van der Waals surface area (Å²) in [5.41, 5.74) is 0.823. The highest BCUT2D eigenvalue weighted by Gasteiger charge is 2.16. The summed E-state index contributed by atoms with van der Waals surface area (Å²) in [6, 6.07) is 3.88. The summed E-state index contributed by atoms with van der Waals surface area (Å²) in [6.45, 7) is 0. The molecule has 3 rings (SSSR count). The van der Waals surface area contributed by atoms with Crippen molar-refractivity contribution in [3.05, 3.63) is 12.1 Å². The van der Waals surface area contributed by atoms with Gasteiger partial charge in [-0.2, -0.15) is 0 Å². The molecule has 4 nitrogen and oxygen atoms in total. The third-order valence-corrected chi connectivity index (χ3v) is 4.53. The predicted octanol–water partition coefficient (Wildman–Crippen LogP) is 3.76. The second kappa shape index (κ2) is 5.25. The Morgan fingerprint density at radius 2 is 2.11 bits per heavy atom. The van der Waals surface area contributed by atoms with E-state index in [9.17, 15) is 5.11 Å². The first kappa shape index (κ1) is 12.5. The van der Waals surface area contributed by atoms with Gasteiger partial charge in [-0.15, -0.1) is 0 Å². The van der Waals surface area contributed by atoms with Crippen molar-refractivity contribution in [2.24, 2.45) is 0 Å². The normalized spacial score (nSPS) is 16.7. The number of thiazole rings is 1. The van der Waals surface area contributed by atoms with Crippen LogP contribution in [0.2, 0.25) is 0 Å². The number of phenols is 1. The van der Waals surface area contributed by atoms with Crippen LogP contribution in [-0.2, 0) is 0 Å². The molecule has 0 atom stereocenters. The first-order chi connectivity index (χ1) is 9.26. The average Bonchev–Trinajstić information content (AvgIpc) is 2.81. The van der Waals surface area contributed by atoms with Gasteiger partial charge in [0, 0.05) is 12.1 Å². The SMILES string of the molecule is COc1cc(O)cc2sc(NC3CCCCC3)nc12. The molecule has 1 heterocycles. The maximum absolute atomic E-state index is 9.65. The van der Waals surface area contributed by atoms with Crippen molar-refractivity contribution in [3.63, 3.8) is 0 Å². The molecule has 1 fully saturated rings. The Kier molecular flexibility index (Phi) is 3.46. The number of nitrogens with zero attached hydrogens (tertiary/aromatic N) is 1. The van der Waals surface area contributed by atoms with Gasteiger partial charge in [0.15, 0.2) is 5.13 Å². The second-order valence-corrected chi connectivity index (χ2v) is 6.02. The summed E-state index contributed by atoms with van der Waals surface area (Å²) in [4.78, 5) is 4.59. The molecule has 0 spiro atoms. The van der Waals surface area contributed by atoms with E-state index in [2.05, 4.69) is 10.3 Å². The second-order valence-electron chi connectivity index (χ2n) is 4.99. The van der Waals surface area contributed by atoms with Crippen molar-refractivity contribution in [3.8, 4) is 11.5 Å². The van der Waals surface area contributed by atoms with Gasteiger partial charge in [0.2, 0.25) is 0 Å². The summed E-state index contributed by atoms with van der Waals surface area (Å²) < 4.78 is 6.22. The summed E-state index contributed by atoms with van der Waals surface area (Å²) in [5.74, 6) is 0.847. The van der Waals surface area contributed by atoms with E-state index in [1.54, 1.807) is 30.6 Å². The lowest BCUT2D eigenvalue weighted by Crippen LogP contribution is -2.21. The predicted molar refractivity (Wildman–Crippen MR) is 78.3 cm³/mol. The van der Waals surface area contributed by atoms with Crippen molar-refractivity contribution in [2.45, 2.75) is 38.1 Å². The fourth-order valence-corrected chi connectivity index (χ4v) is 3.62. The van der Waals surface area contributed by atoms with Gasteiger partial charge < -0.3 is 15.2 Å². The minimum atomic E-state index is 0.220. The van der Waals surface area contributed by atoms with Gasteiger partial charge in [-0.05, 0) is 18.9 Å². The minimum Gasteiger partial charge on any atom is -0.508 e. The lowest BCUT2D eigenvalue weighted by Gasteiger charge is -2.22. The van der Waals surface area contributed by atoms with Crippen LogP contribution in [0.1, 0.15) is 32.1 Å². The molecule has 0 radical (unpaired) electrons. The van der Waals surface area contributed by atoms with Crippen molar-refractivity contribution in [1.82, 2.24) is 4.98 Å². The molecule has 1 aliphatic rings. The largest absolute Gasteiger partial charge is 0.508 e. The first-order valence-corrected chi connectivity index (χ1v) is 7.52. The van der Waals surface area contributed by atoms with Gasteiger partial charge in [-0.3, -0.25) is 0 Å². The van der Waals surface area contributed by atoms with E-state index in [1.165, 1.54) is 32.1 Å². The Labute approximate surface area is 116 Å². The number of rotatable bonds is 3. The van der Waals surface area contributed by atoms with E-state index in [0.717, 1.165) is 15.3 Å². The fraction of sp³-hybridized carbons (Fsp3) is 0.500. The first-order valence-electron chi connectivity index (χ1n) is 6.70. The Bertz CT molecular complexity index is 576. The van der Waals surface area contributed by atoms with Crippen LogP contribution in [0.5, 0.6) is 11.5 Å². The Balaban J connectivity index is 1.88. The van der Waals surface area contributed by atoms with E-state index in [0.29, 0.717) is 11.8 Å². The molecule has 0 aliphatic heterocycles. The maximum Gasteiger partial charge on any atom is 0.184 e. The Morgan fingerprint density at radius 3 is 2.84 bits per heavy atom. The van der Waals surface area contributed by atoms with Crippen molar-refractivity contribution in [1.29, 1.82) is 0 Å². The standard InChI is InChI=1S/C14H18N2O2S/c1-18-11-7-10(17)8-12-13(11)16-14(19-12)15-9-5-3-2-4-6-9/h7-9,17H,2-6H2,1H3,(H,15,16). The van der Waals surface area contributed by atoms with Crippen LogP contribution in [-0.4, -0.2) is 23.2 Å². The highest BCUT2D eigenvalue weighted by Crippen LogP contribution is 2.36. The quantitative estimate of drug-likeness (QED) is 0.897.